The van der Waals surface area contributed by atoms with Crippen molar-refractivity contribution in [3.8, 4) is 5.69 Å². The number of anilines is 2. The Kier molecular flexibility index (Phi) is 5.25. The number of nitrogens with zero attached hydrogens (tertiary/aromatic N) is 5. The number of alkyl halides is 3. The van der Waals surface area contributed by atoms with Crippen LogP contribution in [0.25, 0.3) is 5.69 Å². The van der Waals surface area contributed by atoms with Gasteiger partial charge in [0.15, 0.2) is 0 Å². The van der Waals surface area contributed by atoms with Gasteiger partial charge in [-0.2, -0.15) is 13.2 Å². The summed E-state index contributed by atoms with van der Waals surface area (Å²) in [5, 5.41) is 19.4. The Hall–Kier alpha value is -3.50. The first kappa shape index (κ1) is 19.3. The highest BCUT2D eigenvalue weighted by Crippen LogP contribution is 2.28. The lowest BCUT2D eigenvalue weighted by Crippen LogP contribution is -2.10. The number of aliphatic carboxylic acids is 1. The number of nitrogens with one attached hydrogen (secondary N) is 1. The van der Waals surface area contributed by atoms with Crippen LogP contribution in [-0.2, 0) is 17.4 Å². The molecule has 3 rings (SSSR count). The first-order chi connectivity index (χ1) is 13.2. The summed E-state index contributed by atoms with van der Waals surface area (Å²) in [6.07, 6.45) is -1.76. The zero-order valence-corrected chi connectivity index (χ0v) is 14.6. The standard InChI is InChI=1S/C17H15F3N6O2/c1-10-6-12(22-16-21-5-4-14(23-16)17(18,19)20)8-13(7-10)26-9-11(24-25-26)2-3-15(27)28/h4-9H,2-3H2,1H3,(H,27,28)(H,21,22,23). The van der Waals surface area contributed by atoms with Gasteiger partial charge in [0, 0.05) is 18.3 Å². The molecule has 0 fully saturated rings. The van der Waals surface area contributed by atoms with E-state index in [1.807, 2.05) is 6.92 Å². The second kappa shape index (κ2) is 7.62. The molecule has 0 aliphatic heterocycles. The van der Waals surface area contributed by atoms with Crippen molar-refractivity contribution in [2.45, 2.75) is 25.9 Å². The number of benzene rings is 1. The van der Waals surface area contributed by atoms with Crippen LogP contribution in [-0.4, -0.2) is 36.0 Å². The van der Waals surface area contributed by atoms with Crippen LogP contribution in [0.3, 0.4) is 0 Å². The van der Waals surface area contributed by atoms with E-state index in [9.17, 15) is 18.0 Å². The number of aromatic nitrogens is 5. The monoisotopic (exact) mass is 392 g/mol. The molecule has 8 nitrogen and oxygen atoms in total. The van der Waals surface area contributed by atoms with E-state index in [-0.39, 0.29) is 18.8 Å². The number of hydrogen-bond donors (Lipinski definition) is 2. The second-order valence-electron chi connectivity index (χ2n) is 5.99. The van der Waals surface area contributed by atoms with Crippen LogP contribution in [0.4, 0.5) is 24.8 Å². The van der Waals surface area contributed by atoms with Gasteiger partial charge in [0.05, 0.1) is 24.0 Å². The summed E-state index contributed by atoms with van der Waals surface area (Å²) in [5.74, 6) is -1.12. The lowest BCUT2D eigenvalue weighted by Gasteiger charge is -2.10. The van der Waals surface area contributed by atoms with Gasteiger partial charge in [-0.1, -0.05) is 5.21 Å². The Bertz CT molecular complexity index is 1000. The maximum absolute atomic E-state index is 12.8. The summed E-state index contributed by atoms with van der Waals surface area (Å²) in [6, 6.07) is 5.95. The van der Waals surface area contributed by atoms with E-state index in [0.29, 0.717) is 17.1 Å². The van der Waals surface area contributed by atoms with Crippen molar-refractivity contribution < 1.29 is 23.1 Å². The molecule has 0 bridgehead atoms. The Morgan fingerprint density at radius 3 is 2.79 bits per heavy atom. The fraction of sp³-hybridized carbons (Fsp3) is 0.235. The molecule has 146 valence electrons. The summed E-state index contributed by atoms with van der Waals surface area (Å²) in [6.45, 7) is 1.81. The van der Waals surface area contributed by atoms with Gasteiger partial charge in [-0.15, -0.1) is 5.10 Å². The van der Waals surface area contributed by atoms with E-state index >= 15 is 0 Å². The lowest BCUT2D eigenvalue weighted by molar-refractivity contribution is -0.141. The van der Waals surface area contributed by atoms with Crippen molar-refractivity contribution in [2.75, 3.05) is 5.32 Å². The Morgan fingerprint density at radius 2 is 2.07 bits per heavy atom. The van der Waals surface area contributed by atoms with E-state index in [0.717, 1.165) is 17.8 Å². The average molecular weight is 392 g/mol. The van der Waals surface area contributed by atoms with Gasteiger partial charge in [-0.25, -0.2) is 14.6 Å². The highest BCUT2D eigenvalue weighted by Gasteiger charge is 2.32. The molecule has 0 aliphatic carbocycles. The third kappa shape index (κ3) is 4.81. The summed E-state index contributed by atoms with van der Waals surface area (Å²) in [4.78, 5) is 17.9. The molecular weight excluding hydrogens is 377 g/mol. The SMILES string of the molecule is Cc1cc(Nc2nccc(C(F)(F)F)n2)cc(-n2cc(CCC(=O)O)nn2)c1. The fourth-order valence-electron chi connectivity index (χ4n) is 2.45. The Balaban J connectivity index is 1.83. The lowest BCUT2D eigenvalue weighted by atomic mass is 10.2. The molecule has 2 N–H and O–H groups in total. The molecule has 11 heteroatoms. The molecule has 0 saturated carbocycles. The zero-order valence-electron chi connectivity index (χ0n) is 14.6. The number of hydrogen-bond acceptors (Lipinski definition) is 6. The van der Waals surface area contributed by atoms with Crippen molar-refractivity contribution in [1.29, 1.82) is 0 Å². The topological polar surface area (TPSA) is 106 Å². The molecule has 0 unspecified atom stereocenters. The highest BCUT2D eigenvalue weighted by atomic mass is 19.4. The Morgan fingerprint density at radius 1 is 1.29 bits per heavy atom. The van der Waals surface area contributed by atoms with Crippen molar-refractivity contribution in [3.63, 3.8) is 0 Å². The third-order valence-electron chi connectivity index (χ3n) is 3.66. The number of carboxylic acids is 1. The van der Waals surface area contributed by atoms with Crippen LogP contribution >= 0.6 is 0 Å². The summed E-state index contributed by atoms with van der Waals surface area (Å²) in [7, 11) is 0. The quantitative estimate of drug-likeness (QED) is 0.664. The molecule has 0 spiro atoms. The number of carbonyl (C=O) groups is 1. The number of carboxylic acid groups (broad SMARTS) is 1. The maximum atomic E-state index is 12.8. The first-order valence-corrected chi connectivity index (χ1v) is 8.13. The molecule has 0 aliphatic rings. The zero-order chi connectivity index (χ0) is 20.3. The van der Waals surface area contributed by atoms with E-state index in [2.05, 4.69) is 25.6 Å². The van der Waals surface area contributed by atoms with Gasteiger partial charge in [-0.05, 0) is 36.8 Å². The summed E-state index contributed by atoms with van der Waals surface area (Å²) >= 11 is 0. The minimum atomic E-state index is -4.57. The van der Waals surface area contributed by atoms with Crippen LogP contribution in [0.15, 0.2) is 36.7 Å². The molecule has 0 amide bonds. The smallest absolute Gasteiger partial charge is 0.433 e. The molecule has 2 heterocycles. The van der Waals surface area contributed by atoms with Crippen LogP contribution in [0.5, 0.6) is 0 Å². The van der Waals surface area contributed by atoms with E-state index in [4.69, 9.17) is 5.11 Å². The van der Waals surface area contributed by atoms with Crippen LogP contribution in [0.1, 0.15) is 23.4 Å². The number of aryl methyl sites for hydroxylation is 2. The minimum absolute atomic E-state index is 0.0633. The predicted octanol–water partition coefficient (Wildman–Crippen LogP) is 3.15. The second-order valence-corrected chi connectivity index (χ2v) is 5.99. The molecule has 0 atom stereocenters. The highest BCUT2D eigenvalue weighted by molar-refractivity contribution is 5.67. The van der Waals surface area contributed by atoms with E-state index in [1.54, 1.807) is 24.4 Å². The fourth-order valence-corrected chi connectivity index (χ4v) is 2.45. The number of rotatable bonds is 6. The van der Waals surface area contributed by atoms with Crippen molar-refractivity contribution >= 4 is 17.6 Å². The molecule has 3 aromatic rings. The van der Waals surface area contributed by atoms with Crippen molar-refractivity contribution in [2.24, 2.45) is 0 Å². The average Bonchev–Trinajstić information content (AvgIpc) is 3.08. The largest absolute Gasteiger partial charge is 0.481 e. The number of halogens is 3. The van der Waals surface area contributed by atoms with Crippen molar-refractivity contribution in [3.05, 3.63) is 53.6 Å². The van der Waals surface area contributed by atoms with Crippen LogP contribution in [0.2, 0.25) is 0 Å². The van der Waals surface area contributed by atoms with Crippen molar-refractivity contribution in [1.82, 2.24) is 25.0 Å². The van der Waals surface area contributed by atoms with E-state index < -0.39 is 17.8 Å². The minimum Gasteiger partial charge on any atom is -0.481 e. The van der Waals surface area contributed by atoms with Gasteiger partial charge in [0.1, 0.15) is 5.69 Å². The Labute approximate surface area is 157 Å². The van der Waals surface area contributed by atoms with Gasteiger partial charge in [0.2, 0.25) is 5.95 Å². The van der Waals surface area contributed by atoms with Gasteiger partial charge in [0.25, 0.3) is 0 Å². The molecule has 0 radical (unpaired) electrons. The van der Waals surface area contributed by atoms with Gasteiger partial charge in [-0.3, -0.25) is 4.79 Å². The molecule has 2 aromatic heterocycles. The van der Waals surface area contributed by atoms with Crippen LogP contribution in [0, 0.1) is 6.92 Å². The maximum Gasteiger partial charge on any atom is 0.433 e. The van der Waals surface area contributed by atoms with Gasteiger partial charge >= 0.3 is 12.1 Å². The third-order valence-corrected chi connectivity index (χ3v) is 3.66. The predicted molar refractivity (Wildman–Crippen MR) is 92.4 cm³/mol. The summed E-state index contributed by atoms with van der Waals surface area (Å²) < 4.78 is 39.9. The van der Waals surface area contributed by atoms with E-state index in [1.165, 1.54) is 4.68 Å². The normalized spacial score (nSPS) is 11.4. The first-order valence-electron chi connectivity index (χ1n) is 8.13. The molecule has 0 saturated heterocycles. The van der Waals surface area contributed by atoms with Crippen LogP contribution < -0.4 is 5.32 Å². The molecular formula is C17H15F3N6O2. The molecule has 1 aromatic carbocycles. The summed E-state index contributed by atoms with van der Waals surface area (Å²) in [5.41, 5.74) is 1.35. The van der Waals surface area contributed by atoms with Gasteiger partial charge < -0.3 is 10.4 Å². The molecule has 28 heavy (non-hydrogen) atoms.